The first-order chi connectivity index (χ1) is 8.24. The summed E-state index contributed by atoms with van der Waals surface area (Å²) in [5, 5.41) is 0. The Labute approximate surface area is 106 Å². The van der Waals surface area contributed by atoms with Crippen molar-refractivity contribution in [1.29, 1.82) is 0 Å². The van der Waals surface area contributed by atoms with E-state index in [0.717, 1.165) is 19.3 Å². The molecule has 0 heterocycles. The molecular weight excluding hydrogens is 210 g/mol. The lowest BCUT2D eigenvalue weighted by molar-refractivity contribution is -0.121. The number of nitrogens with two attached hydrogens (primary N) is 1. The molecular formula is C15H27NO. The number of hydrogen-bond donors (Lipinski definition) is 1. The molecule has 98 valence electrons. The quantitative estimate of drug-likeness (QED) is 0.492. The summed E-state index contributed by atoms with van der Waals surface area (Å²) >= 11 is 0. The van der Waals surface area contributed by atoms with Gasteiger partial charge in [0.05, 0.1) is 0 Å². The minimum Gasteiger partial charge on any atom is -0.324 e. The minimum absolute atomic E-state index is 0.109. The predicted octanol–water partition coefficient (Wildman–Crippen LogP) is 3.60. The lowest BCUT2D eigenvalue weighted by Crippen LogP contribution is -2.18. The van der Waals surface area contributed by atoms with E-state index in [0.29, 0.717) is 5.78 Å². The summed E-state index contributed by atoms with van der Waals surface area (Å²) in [6, 6.07) is 0.109. The maximum absolute atomic E-state index is 11.8. The first kappa shape index (κ1) is 14.4. The highest BCUT2D eigenvalue weighted by molar-refractivity contribution is 5.83. The van der Waals surface area contributed by atoms with Crippen LogP contribution in [0.25, 0.3) is 0 Å². The van der Waals surface area contributed by atoms with E-state index < -0.39 is 0 Å². The Morgan fingerprint density at radius 1 is 1.12 bits per heavy atom. The molecule has 2 heteroatoms. The molecule has 0 saturated heterocycles. The maximum atomic E-state index is 11.8. The number of carbonyl (C=O) groups is 1. The molecule has 17 heavy (non-hydrogen) atoms. The first-order valence-electron chi connectivity index (χ1n) is 7.20. The Morgan fingerprint density at radius 3 is 2.35 bits per heavy atom. The van der Waals surface area contributed by atoms with Crippen LogP contribution in [0.4, 0.5) is 0 Å². The summed E-state index contributed by atoms with van der Waals surface area (Å²) < 4.78 is 0. The highest BCUT2D eigenvalue weighted by Gasteiger charge is 2.21. The second kappa shape index (κ2) is 8.46. The molecule has 0 aromatic rings. The molecule has 0 bridgehead atoms. The summed E-state index contributed by atoms with van der Waals surface area (Å²) in [6.45, 7) is 2.23. The minimum atomic E-state index is 0.109. The fourth-order valence-corrected chi connectivity index (χ4v) is 2.41. The van der Waals surface area contributed by atoms with Gasteiger partial charge in [0.15, 0.2) is 0 Å². The Morgan fingerprint density at radius 2 is 1.76 bits per heavy atom. The smallest absolute Gasteiger partial charge is 0.139 e. The highest BCUT2D eigenvalue weighted by atomic mass is 16.1. The van der Waals surface area contributed by atoms with E-state index in [2.05, 4.69) is 6.92 Å². The second-order valence-corrected chi connectivity index (χ2v) is 5.23. The molecule has 1 aliphatic rings. The average molecular weight is 237 g/mol. The monoisotopic (exact) mass is 237 g/mol. The SMILES string of the molecule is CCCCCCCCCC(=O)C1C=CC(N)C1. The fourth-order valence-electron chi connectivity index (χ4n) is 2.41. The molecule has 0 saturated carbocycles. The van der Waals surface area contributed by atoms with Gasteiger partial charge in [-0.3, -0.25) is 4.79 Å². The van der Waals surface area contributed by atoms with E-state index in [9.17, 15) is 4.79 Å². The van der Waals surface area contributed by atoms with Gasteiger partial charge in [0.25, 0.3) is 0 Å². The van der Waals surface area contributed by atoms with Crippen molar-refractivity contribution in [3.63, 3.8) is 0 Å². The molecule has 2 atom stereocenters. The molecule has 2 nitrogen and oxygen atoms in total. The highest BCUT2D eigenvalue weighted by Crippen LogP contribution is 2.20. The van der Waals surface area contributed by atoms with Crippen molar-refractivity contribution in [3.8, 4) is 0 Å². The van der Waals surface area contributed by atoms with Crippen molar-refractivity contribution in [3.05, 3.63) is 12.2 Å². The average Bonchev–Trinajstić information content (AvgIpc) is 2.74. The van der Waals surface area contributed by atoms with E-state index in [-0.39, 0.29) is 12.0 Å². The van der Waals surface area contributed by atoms with Crippen molar-refractivity contribution < 1.29 is 4.79 Å². The molecule has 0 aromatic carbocycles. The normalized spacial score (nSPS) is 23.2. The standard InChI is InChI=1S/C15H27NO/c1-2-3-4-5-6-7-8-9-15(17)13-10-11-14(16)12-13/h10-11,13-14H,2-9,12,16H2,1H3. The molecule has 0 fully saturated rings. The summed E-state index contributed by atoms with van der Waals surface area (Å²) in [6.07, 6.45) is 14.4. The van der Waals surface area contributed by atoms with E-state index in [1.54, 1.807) is 0 Å². The van der Waals surface area contributed by atoms with Gasteiger partial charge in [-0.05, 0) is 12.8 Å². The number of ketones is 1. The molecule has 1 rings (SSSR count). The van der Waals surface area contributed by atoms with E-state index in [4.69, 9.17) is 5.73 Å². The van der Waals surface area contributed by atoms with Crippen LogP contribution in [-0.2, 0) is 4.79 Å². The number of Topliss-reactive ketones (excluding diaryl/α,β-unsaturated/α-hetero) is 1. The van der Waals surface area contributed by atoms with Crippen LogP contribution in [0, 0.1) is 5.92 Å². The number of carbonyl (C=O) groups excluding carboxylic acids is 1. The Kier molecular flexibility index (Phi) is 7.18. The number of rotatable bonds is 9. The third-order valence-corrected chi connectivity index (χ3v) is 3.56. The summed E-state index contributed by atoms with van der Waals surface area (Å²) in [4.78, 5) is 11.8. The van der Waals surface area contributed by atoms with Crippen LogP contribution in [0.3, 0.4) is 0 Å². The zero-order valence-electron chi connectivity index (χ0n) is 11.2. The van der Waals surface area contributed by atoms with Crippen molar-refractivity contribution in [2.24, 2.45) is 11.7 Å². The van der Waals surface area contributed by atoms with Crippen LogP contribution in [0.2, 0.25) is 0 Å². The largest absolute Gasteiger partial charge is 0.324 e. The maximum Gasteiger partial charge on any atom is 0.139 e. The number of allylic oxidation sites excluding steroid dienone is 1. The zero-order valence-corrected chi connectivity index (χ0v) is 11.2. The van der Waals surface area contributed by atoms with Crippen LogP contribution in [-0.4, -0.2) is 11.8 Å². The number of hydrogen-bond acceptors (Lipinski definition) is 2. The summed E-state index contributed by atoms with van der Waals surface area (Å²) in [5.41, 5.74) is 5.75. The van der Waals surface area contributed by atoms with Crippen LogP contribution in [0.1, 0.15) is 64.7 Å². The van der Waals surface area contributed by atoms with Gasteiger partial charge in [0.1, 0.15) is 5.78 Å². The van der Waals surface area contributed by atoms with Gasteiger partial charge in [-0.25, -0.2) is 0 Å². The first-order valence-corrected chi connectivity index (χ1v) is 7.20. The lowest BCUT2D eigenvalue weighted by atomic mass is 9.97. The van der Waals surface area contributed by atoms with Gasteiger partial charge < -0.3 is 5.73 Å². The molecule has 0 aliphatic heterocycles. The van der Waals surface area contributed by atoms with E-state index in [1.165, 1.54) is 38.5 Å². The third kappa shape index (κ3) is 6.02. The summed E-state index contributed by atoms with van der Waals surface area (Å²) in [7, 11) is 0. The van der Waals surface area contributed by atoms with Gasteiger partial charge in [-0.1, -0.05) is 57.6 Å². The molecule has 0 radical (unpaired) electrons. The van der Waals surface area contributed by atoms with Crippen LogP contribution < -0.4 is 5.73 Å². The lowest BCUT2D eigenvalue weighted by Gasteiger charge is -2.07. The summed E-state index contributed by atoms with van der Waals surface area (Å²) in [5.74, 6) is 0.507. The molecule has 2 unspecified atom stereocenters. The van der Waals surface area contributed by atoms with Crippen LogP contribution in [0.5, 0.6) is 0 Å². The van der Waals surface area contributed by atoms with Crippen molar-refractivity contribution in [2.45, 2.75) is 70.8 Å². The van der Waals surface area contributed by atoms with Crippen molar-refractivity contribution in [1.82, 2.24) is 0 Å². The van der Waals surface area contributed by atoms with Gasteiger partial charge in [0, 0.05) is 18.4 Å². The van der Waals surface area contributed by atoms with Gasteiger partial charge in [-0.15, -0.1) is 0 Å². The van der Waals surface area contributed by atoms with E-state index >= 15 is 0 Å². The predicted molar refractivity (Wildman–Crippen MR) is 72.8 cm³/mol. The Balaban J connectivity index is 1.96. The van der Waals surface area contributed by atoms with Gasteiger partial charge in [-0.2, -0.15) is 0 Å². The molecule has 1 aliphatic carbocycles. The molecule has 0 aromatic heterocycles. The van der Waals surface area contributed by atoms with Crippen molar-refractivity contribution in [2.75, 3.05) is 0 Å². The fraction of sp³-hybridized carbons (Fsp3) is 0.800. The molecule has 2 N–H and O–H groups in total. The van der Waals surface area contributed by atoms with Gasteiger partial charge in [0.2, 0.25) is 0 Å². The van der Waals surface area contributed by atoms with Crippen LogP contribution in [0.15, 0.2) is 12.2 Å². The Hall–Kier alpha value is -0.630. The van der Waals surface area contributed by atoms with E-state index in [1.807, 2.05) is 12.2 Å². The third-order valence-electron chi connectivity index (χ3n) is 3.56. The topological polar surface area (TPSA) is 43.1 Å². The Bertz CT molecular complexity index is 247. The van der Waals surface area contributed by atoms with Gasteiger partial charge >= 0.3 is 0 Å². The molecule has 0 amide bonds. The number of unbranched alkanes of at least 4 members (excludes halogenated alkanes) is 6. The zero-order chi connectivity index (χ0) is 12.5. The second-order valence-electron chi connectivity index (χ2n) is 5.23. The van der Waals surface area contributed by atoms with Crippen LogP contribution >= 0.6 is 0 Å². The molecule has 0 spiro atoms. The van der Waals surface area contributed by atoms with Crippen molar-refractivity contribution >= 4 is 5.78 Å².